The maximum atomic E-state index is 9.65. The minimum atomic E-state index is 0.336. The van der Waals surface area contributed by atoms with E-state index < -0.39 is 0 Å². The van der Waals surface area contributed by atoms with E-state index in [0.717, 1.165) is 17.1 Å². The van der Waals surface area contributed by atoms with Crippen LogP contribution in [0.15, 0.2) is 41.4 Å². The van der Waals surface area contributed by atoms with Crippen LogP contribution in [-0.4, -0.2) is 29.7 Å². The summed E-state index contributed by atoms with van der Waals surface area (Å²) < 4.78 is 10.4. The van der Waals surface area contributed by atoms with Gasteiger partial charge in [-0.1, -0.05) is 41.4 Å². The van der Waals surface area contributed by atoms with Gasteiger partial charge in [-0.2, -0.15) is 9.64 Å². The van der Waals surface area contributed by atoms with Crippen LogP contribution in [0.1, 0.15) is 11.1 Å². The molecule has 0 atom stereocenters. The summed E-state index contributed by atoms with van der Waals surface area (Å²) in [5, 5.41) is 11.0. The van der Waals surface area contributed by atoms with Crippen molar-refractivity contribution in [2.24, 2.45) is 4.99 Å². The van der Waals surface area contributed by atoms with Crippen molar-refractivity contribution in [3.63, 3.8) is 0 Å². The molecule has 3 rings (SSSR count). The molecular formula is C20H16Cl2N4OS. The van der Waals surface area contributed by atoms with Crippen molar-refractivity contribution in [3.8, 4) is 28.1 Å². The Morgan fingerprint density at radius 3 is 2.64 bits per heavy atom. The fraction of sp³-hybridized carbons (Fsp3) is 0.150. The number of hydrogen-bond donors (Lipinski definition) is 0. The molecule has 2 aromatic carbocycles. The van der Waals surface area contributed by atoms with Crippen LogP contribution in [0.4, 0.5) is 5.69 Å². The standard InChI is InChI=1S/C20H16Cl2N4OS/c1-12-8-17(24-11-26(2)3)16(22)9-18(12)27-20-14(10-23)19(25-28-20)13-6-4-5-7-15(13)21/h4-9,11H,1-3H3/b24-11-. The Bertz CT molecular complexity index is 1090. The van der Waals surface area contributed by atoms with Crippen LogP contribution in [0.25, 0.3) is 11.3 Å². The Morgan fingerprint density at radius 2 is 1.96 bits per heavy atom. The Hall–Kier alpha value is -2.59. The molecule has 0 spiro atoms. The highest BCUT2D eigenvalue weighted by Crippen LogP contribution is 2.41. The summed E-state index contributed by atoms with van der Waals surface area (Å²) >= 11 is 13.7. The lowest BCUT2D eigenvalue weighted by Gasteiger charge is -2.10. The molecule has 0 unspecified atom stereocenters. The van der Waals surface area contributed by atoms with Gasteiger partial charge < -0.3 is 9.64 Å². The van der Waals surface area contributed by atoms with Gasteiger partial charge >= 0.3 is 0 Å². The molecule has 28 heavy (non-hydrogen) atoms. The molecule has 1 heterocycles. The zero-order chi connectivity index (χ0) is 20.3. The van der Waals surface area contributed by atoms with Gasteiger partial charge in [-0.15, -0.1) is 0 Å². The van der Waals surface area contributed by atoms with Crippen LogP contribution < -0.4 is 4.74 Å². The van der Waals surface area contributed by atoms with Gasteiger partial charge in [-0.25, -0.2) is 4.99 Å². The second-order valence-corrected chi connectivity index (χ2v) is 7.71. The normalized spacial score (nSPS) is 10.9. The van der Waals surface area contributed by atoms with Gasteiger partial charge in [0.05, 0.1) is 22.1 Å². The smallest absolute Gasteiger partial charge is 0.218 e. The predicted molar refractivity (Wildman–Crippen MR) is 115 cm³/mol. The average molecular weight is 431 g/mol. The molecule has 0 aliphatic heterocycles. The van der Waals surface area contributed by atoms with Crippen molar-refractivity contribution in [3.05, 3.63) is 57.6 Å². The fourth-order valence-corrected chi connectivity index (χ4v) is 3.57. The van der Waals surface area contributed by atoms with Crippen molar-refractivity contribution in [2.75, 3.05) is 14.1 Å². The van der Waals surface area contributed by atoms with Crippen molar-refractivity contribution in [2.45, 2.75) is 6.92 Å². The summed E-state index contributed by atoms with van der Waals surface area (Å²) in [5.41, 5.74) is 3.01. The fourth-order valence-electron chi connectivity index (χ4n) is 2.41. The molecule has 0 aliphatic rings. The summed E-state index contributed by atoms with van der Waals surface area (Å²) in [6.45, 7) is 1.89. The maximum absolute atomic E-state index is 9.65. The number of aryl methyl sites for hydroxylation is 1. The number of ether oxygens (including phenoxy) is 1. The van der Waals surface area contributed by atoms with E-state index in [9.17, 15) is 5.26 Å². The number of nitriles is 1. The number of hydrogen-bond acceptors (Lipinski definition) is 5. The number of aliphatic imine (C=N–C) groups is 1. The molecule has 142 valence electrons. The SMILES string of the molecule is Cc1cc(/N=C\N(C)C)c(Cl)cc1Oc1snc(-c2ccccc2Cl)c1C#N. The third-order valence-electron chi connectivity index (χ3n) is 3.78. The topological polar surface area (TPSA) is 61.5 Å². The molecule has 1 aromatic heterocycles. The minimum absolute atomic E-state index is 0.336. The summed E-state index contributed by atoms with van der Waals surface area (Å²) in [5.74, 6) is 0.541. The van der Waals surface area contributed by atoms with E-state index in [0.29, 0.717) is 43.4 Å². The van der Waals surface area contributed by atoms with E-state index in [2.05, 4.69) is 15.4 Å². The first kappa shape index (κ1) is 20.2. The second-order valence-electron chi connectivity index (χ2n) is 6.16. The molecule has 3 aromatic rings. The highest BCUT2D eigenvalue weighted by atomic mass is 35.5. The molecule has 0 saturated heterocycles. The first-order valence-electron chi connectivity index (χ1n) is 8.24. The summed E-state index contributed by atoms with van der Waals surface area (Å²) in [6.07, 6.45) is 1.67. The molecule has 0 aliphatic carbocycles. The number of benzene rings is 2. The Morgan fingerprint density at radius 1 is 1.21 bits per heavy atom. The molecule has 0 amide bonds. The van der Waals surface area contributed by atoms with Gasteiger partial charge in [0.25, 0.3) is 0 Å². The predicted octanol–water partition coefficient (Wildman–Crippen LogP) is 6.31. The van der Waals surface area contributed by atoms with Gasteiger partial charge in [0.15, 0.2) is 0 Å². The lowest BCUT2D eigenvalue weighted by atomic mass is 10.1. The van der Waals surface area contributed by atoms with Crippen molar-refractivity contribution in [1.29, 1.82) is 5.26 Å². The van der Waals surface area contributed by atoms with Crippen molar-refractivity contribution >= 4 is 46.8 Å². The van der Waals surface area contributed by atoms with Crippen LogP contribution in [0.5, 0.6) is 10.8 Å². The van der Waals surface area contributed by atoms with E-state index in [1.54, 1.807) is 18.5 Å². The number of halogens is 2. The van der Waals surface area contributed by atoms with E-state index in [1.807, 2.05) is 50.2 Å². The van der Waals surface area contributed by atoms with Crippen LogP contribution in [0.3, 0.4) is 0 Å². The van der Waals surface area contributed by atoms with E-state index in [4.69, 9.17) is 27.9 Å². The first-order chi connectivity index (χ1) is 13.4. The molecular weight excluding hydrogens is 415 g/mol. The Kier molecular flexibility index (Phi) is 6.20. The quantitative estimate of drug-likeness (QED) is 0.351. The maximum Gasteiger partial charge on any atom is 0.218 e. The lowest BCUT2D eigenvalue weighted by molar-refractivity contribution is 0.491. The Balaban J connectivity index is 1.96. The van der Waals surface area contributed by atoms with Crippen molar-refractivity contribution < 1.29 is 4.74 Å². The van der Waals surface area contributed by atoms with Gasteiger partial charge in [0.2, 0.25) is 5.06 Å². The molecule has 0 fully saturated rings. The number of nitrogens with zero attached hydrogens (tertiary/aromatic N) is 4. The molecule has 0 N–H and O–H groups in total. The zero-order valence-corrected chi connectivity index (χ0v) is 17.7. The lowest BCUT2D eigenvalue weighted by Crippen LogP contribution is -2.07. The third kappa shape index (κ3) is 4.28. The van der Waals surface area contributed by atoms with Crippen LogP contribution in [0.2, 0.25) is 10.0 Å². The number of aromatic nitrogens is 1. The van der Waals surface area contributed by atoms with Crippen LogP contribution in [0, 0.1) is 18.3 Å². The molecule has 0 radical (unpaired) electrons. The zero-order valence-electron chi connectivity index (χ0n) is 15.4. The van der Waals surface area contributed by atoms with E-state index in [-0.39, 0.29) is 0 Å². The second kappa shape index (κ2) is 8.61. The van der Waals surface area contributed by atoms with Crippen molar-refractivity contribution in [1.82, 2.24) is 9.27 Å². The first-order valence-corrected chi connectivity index (χ1v) is 9.77. The monoisotopic (exact) mass is 430 g/mol. The van der Waals surface area contributed by atoms with Gasteiger partial charge in [-0.3, -0.25) is 0 Å². The molecule has 0 saturated carbocycles. The van der Waals surface area contributed by atoms with Gasteiger partial charge in [0, 0.05) is 37.3 Å². The average Bonchev–Trinajstić information content (AvgIpc) is 3.06. The summed E-state index contributed by atoms with van der Waals surface area (Å²) in [6, 6.07) is 12.9. The number of rotatable bonds is 5. The highest BCUT2D eigenvalue weighted by Gasteiger charge is 2.20. The van der Waals surface area contributed by atoms with Crippen LogP contribution in [-0.2, 0) is 0 Å². The summed E-state index contributed by atoms with van der Waals surface area (Å²) in [4.78, 5) is 6.16. The minimum Gasteiger partial charge on any atom is -0.443 e. The third-order valence-corrected chi connectivity index (χ3v) is 5.14. The Labute approximate surface area is 177 Å². The van der Waals surface area contributed by atoms with E-state index in [1.165, 1.54) is 0 Å². The molecule has 0 bridgehead atoms. The van der Waals surface area contributed by atoms with Crippen LogP contribution >= 0.6 is 34.7 Å². The summed E-state index contributed by atoms with van der Waals surface area (Å²) in [7, 11) is 3.76. The molecule has 5 nitrogen and oxygen atoms in total. The van der Waals surface area contributed by atoms with Gasteiger partial charge in [0.1, 0.15) is 23.1 Å². The highest BCUT2D eigenvalue weighted by molar-refractivity contribution is 7.08. The largest absolute Gasteiger partial charge is 0.443 e. The van der Waals surface area contributed by atoms with E-state index >= 15 is 0 Å². The van der Waals surface area contributed by atoms with Gasteiger partial charge in [-0.05, 0) is 24.6 Å². The molecule has 8 heteroatoms.